The molecule has 8 rings (SSSR count). The minimum absolute atomic E-state index is 0.0361. The zero-order valence-corrected chi connectivity index (χ0v) is 34.6. The minimum Gasteiger partial charge on any atom is -0.494 e. The van der Waals surface area contributed by atoms with Gasteiger partial charge in [-0.2, -0.15) is 4.98 Å². The average Bonchev–Trinajstić information content (AvgIpc) is 3.56. The fraction of sp³-hybridized carbons (Fsp3) is 0.405. The molecular formula is C42H48ClFN9O4P. The number of nitrogens with one attached hydrogen (secondary N) is 3. The lowest BCUT2D eigenvalue weighted by atomic mass is 10.00. The quantitative estimate of drug-likeness (QED) is 0.127. The van der Waals surface area contributed by atoms with E-state index in [9.17, 15) is 14.4 Å². The predicted octanol–water partition coefficient (Wildman–Crippen LogP) is 5.68. The number of amides is 3. The molecule has 1 unspecified atom stereocenters. The molecule has 16 heteroatoms. The summed E-state index contributed by atoms with van der Waals surface area (Å²) in [6.45, 7) is 10.3. The molecule has 304 valence electrons. The molecule has 13 nitrogen and oxygen atoms in total. The largest absolute Gasteiger partial charge is 0.494 e. The lowest BCUT2D eigenvalue weighted by Crippen LogP contribution is -2.53. The molecular weight excluding hydrogens is 780 g/mol. The summed E-state index contributed by atoms with van der Waals surface area (Å²) >= 11 is 6.51. The van der Waals surface area contributed by atoms with Crippen molar-refractivity contribution in [2.24, 2.45) is 0 Å². The number of fused-ring (bicyclic) bond motifs is 1. The van der Waals surface area contributed by atoms with Gasteiger partial charge in [0.25, 0.3) is 5.91 Å². The van der Waals surface area contributed by atoms with Crippen LogP contribution in [0.5, 0.6) is 5.75 Å². The third kappa shape index (κ3) is 8.34. The number of methoxy groups -OCH3 is 1. The number of carbonyl (C=O) groups is 3. The molecule has 3 amide bonds. The number of para-hydroxylation sites is 1. The van der Waals surface area contributed by atoms with Gasteiger partial charge in [-0.15, -0.1) is 0 Å². The molecule has 3 aromatic carbocycles. The maximum Gasteiger partial charge on any atom is 0.255 e. The smallest absolute Gasteiger partial charge is 0.255 e. The number of aromatic nitrogens is 2. The Morgan fingerprint density at radius 3 is 2.47 bits per heavy atom. The van der Waals surface area contributed by atoms with E-state index in [1.54, 1.807) is 25.4 Å². The number of ether oxygens (including phenoxy) is 1. The van der Waals surface area contributed by atoms with E-state index in [0.29, 0.717) is 51.8 Å². The molecule has 1 atom stereocenters. The van der Waals surface area contributed by atoms with Crippen LogP contribution in [0.15, 0.2) is 60.8 Å². The van der Waals surface area contributed by atoms with E-state index in [1.807, 2.05) is 30.3 Å². The van der Waals surface area contributed by atoms with Crippen molar-refractivity contribution in [1.82, 2.24) is 30.0 Å². The monoisotopic (exact) mass is 827 g/mol. The Kier molecular flexibility index (Phi) is 11.8. The molecule has 3 saturated heterocycles. The topological polar surface area (TPSA) is 135 Å². The molecule has 4 aromatic rings. The van der Waals surface area contributed by atoms with Crippen molar-refractivity contribution >= 4 is 71.4 Å². The van der Waals surface area contributed by atoms with Crippen LogP contribution >= 0.6 is 19.5 Å². The highest BCUT2D eigenvalue weighted by molar-refractivity contribution is 7.64. The fourth-order valence-corrected chi connectivity index (χ4v) is 9.65. The Morgan fingerprint density at radius 2 is 1.72 bits per heavy atom. The molecule has 4 aliphatic heterocycles. The van der Waals surface area contributed by atoms with Crippen molar-refractivity contribution in [2.45, 2.75) is 50.9 Å². The van der Waals surface area contributed by atoms with Crippen LogP contribution in [0.2, 0.25) is 5.02 Å². The first kappa shape index (κ1) is 39.9. The van der Waals surface area contributed by atoms with Gasteiger partial charge in [0.1, 0.15) is 22.6 Å². The summed E-state index contributed by atoms with van der Waals surface area (Å²) in [4.78, 5) is 54.9. The molecule has 1 aromatic heterocycles. The number of halogens is 2. The maximum atomic E-state index is 15.8. The summed E-state index contributed by atoms with van der Waals surface area (Å²) in [5, 5.41) is 10.7. The Hall–Kier alpha value is -4.88. The lowest BCUT2D eigenvalue weighted by molar-refractivity contribution is -0.136. The molecule has 0 spiro atoms. The Morgan fingerprint density at radius 1 is 0.948 bits per heavy atom. The third-order valence-electron chi connectivity index (χ3n) is 11.7. The summed E-state index contributed by atoms with van der Waals surface area (Å²) in [5.41, 5.74) is 4.01. The van der Waals surface area contributed by atoms with E-state index in [4.69, 9.17) is 16.3 Å². The Bertz CT molecular complexity index is 2210. The second-order valence-corrected chi connectivity index (χ2v) is 18.1. The predicted molar refractivity (Wildman–Crippen MR) is 226 cm³/mol. The number of benzene rings is 3. The van der Waals surface area contributed by atoms with Gasteiger partial charge in [-0.25, -0.2) is 9.37 Å². The van der Waals surface area contributed by atoms with Gasteiger partial charge in [-0.05, 0) is 75.3 Å². The number of piperazine rings is 1. The maximum absolute atomic E-state index is 15.8. The van der Waals surface area contributed by atoms with E-state index in [-0.39, 0.29) is 44.9 Å². The van der Waals surface area contributed by atoms with Gasteiger partial charge in [0.05, 0.1) is 25.5 Å². The number of hydrogen-bond donors (Lipinski definition) is 3. The number of carbonyl (C=O) groups excluding carboxylic acids is 3. The lowest BCUT2D eigenvalue weighted by Gasteiger charge is -2.43. The highest BCUT2D eigenvalue weighted by Crippen LogP contribution is 2.35. The fourth-order valence-electron chi connectivity index (χ4n) is 8.52. The van der Waals surface area contributed by atoms with Gasteiger partial charge in [-0.1, -0.05) is 43.8 Å². The molecule has 0 aliphatic carbocycles. The molecule has 4 aliphatic rings. The van der Waals surface area contributed by atoms with E-state index < -0.39 is 11.9 Å². The molecule has 3 fully saturated rings. The molecule has 0 radical (unpaired) electrons. The highest BCUT2D eigenvalue weighted by Gasteiger charge is 2.40. The van der Waals surface area contributed by atoms with Gasteiger partial charge < -0.3 is 25.2 Å². The van der Waals surface area contributed by atoms with Gasteiger partial charge in [0.2, 0.25) is 17.8 Å². The standard InChI is InChI=1S/C42H48ClFN9O4P/c1-57-35-22-28(9-11-32(35)47-42-45-23-31(43)39(49-42)46-33-6-4-5-7-36(33)58(2)3)52-20-18-51(19-21-52)27-14-16-50(17-15-27)24-26-8-10-29-30(38(26)44)25-53(41(29)56)34-12-13-37(54)48-40(34)55/h4-11,22-23,27,34H,12-21,24-25H2,1-3H3,(H,48,54,55)(H2,45,46,47,49). The van der Waals surface area contributed by atoms with Crippen LogP contribution in [0.1, 0.15) is 47.2 Å². The normalized spacial score (nSPS) is 19.4. The summed E-state index contributed by atoms with van der Waals surface area (Å²) in [7, 11) is 1.33. The van der Waals surface area contributed by atoms with Crippen molar-refractivity contribution in [1.29, 1.82) is 0 Å². The van der Waals surface area contributed by atoms with Crippen LogP contribution in [0, 0.1) is 5.82 Å². The van der Waals surface area contributed by atoms with Gasteiger partial charge >= 0.3 is 0 Å². The SMILES string of the molecule is COc1cc(N2CCN(C3CCN(Cc4ccc5c(c4F)CN(C4CCC(=O)NC4=O)C5=O)CC3)CC2)ccc1Nc1ncc(Cl)c(Nc2ccccc2P(C)C)n1. The van der Waals surface area contributed by atoms with E-state index in [0.717, 1.165) is 69.2 Å². The number of nitrogens with zero attached hydrogens (tertiary/aromatic N) is 6. The zero-order chi connectivity index (χ0) is 40.5. The van der Waals surface area contributed by atoms with Gasteiger partial charge in [-0.3, -0.25) is 29.5 Å². The molecule has 0 bridgehead atoms. The first-order valence-electron chi connectivity index (χ1n) is 19.7. The molecule has 0 saturated carbocycles. The van der Waals surface area contributed by atoms with Gasteiger partial charge in [0.15, 0.2) is 5.82 Å². The molecule has 3 N–H and O–H groups in total. The summed E-state index contributed by atoms with van der Waals surface area (Å²) in [6.07, 6.45) is 4.00. The first-order chi connectivity index (χ1) is 28.1. The summed E-state index contributed by atoms with van der Waals surface area (Å²) in [6, 6.07) is 17.4. The summed E-state index contributed by atoms with van der Waals surface area (Å²) < 4.78 is 21.7. The van der Waals surface area contributed by atoms with Crippen LogP contribution < -0.4 is 30.9 Å². The number of imide groups is 1. The molecule has 5 heterocycles. The van der Waals surface area contributed by atoms with Crippen LogP contribution in [-0.4, -0.2) is 114 Å². The van der Waals surface area contributed by atoms with E-state index in [1.165, 1.54) is 10.2 Å². The number of rotatable bonds is 11. The van der Waals surface area contributed by atoms with Crippen LogP contribution in [-0.2, 0) is 22.7 Å². The minimum atomic E-state index is -0.764. The number of hydrogen-bond acceptors (Lipinski definition) is 11. The Balaban J connectivity index is 0.832. The Labute approximate surface area is 344 Å². The van der Waals surface area contributed by atoms with Crippen LogP contribution in [0.3, 0.4) is 0 Å². The first-order valence-corrected chi connectivity index (χ1v) is 22.3. The van der Waals surface area contributed by atoms with E-state index >= 15 is 4.39 Å². The molecule has 58 heavy (non-hydrogen) atoms. The van der Waals surface area contributed by atoms with Crippen molar-refractivity contribution < 1.29 is 23.5 Å². The van der Waals surface area contributed by atoms with Crippen molar-refractivity contribution in [2.75, 3.05) is 75.2 Å². The second-order valence-electron chi connectivity index (χ2n) is 15.4. The van der Waals surface area contributed by atoms with Crippen LogP contribution in [0.25, 0.3) is 0 Å². The van der Waals surface area contributed by atoms with Crippen molar-refractivity contribution in [3.63, 3.8) is 0 Å². The van der Waals surface area contributed by atoms with Gasteiger partial charge in [0, 0.05) is 79.3 Å². The van der Waals surface area contributed by atoms with Crippen molar-refractivity contribution in [3.8, 4) is 5.75 Å². The highest BCUT2D eigenvalue weighted by atomic mass is 35.5. The number of likely N-dealkylation sites (tertiary alicyclic amines) is 1. The van der Waals surface area contributed by atoms with Crippen LogP contribution in [0.4, 0.5) is 33.2 Å². The van der Waals surface area contributed by atoms with E-state index in [2.05, 4.69) is 66.1 Å². The average molecular weight is 828 g/mol. The zero-order valence-electron chi connectivity index (χ0n) is 32.9. The third-order valence-corrected chi connectivity index (χ3v) is 13.3. The summed E-state index contributed by atoms with van der Waals surface area (Å²) in [5.74, 6) is 0.0349. The number of anilines is 5. The number of piperidine rings is 2. The second kappa shape index (κ2) is 17.1. The van der Waals surface area contributed by atoms with Crippen molar-refractivity contribution in [3.05, 3.63) is 88.3 Å².